The van der Waals surface area contributed by atoms with Gasteiger partial charge in [-0.15, -0.1) is 0 Å². The van der Waals surface area contributed by atoms with E-state index in [1.165, 1.54) is 12.1 Å². The number of rotatable bonds is 5. The van der Waals surface area contributed by atoms with Crippen LogP contribution in [0.2, 0.25) is 0 Å². The summed E-state index contributed by atoms with van der Waals surface area (Å²) < 4.78 is 25.3. The smallest absolute Gasteiger partial charge is 0.311 e. The minimum atomic E-state index is -0.335. The van der Waals surface area contributed by atoms with E-state index in [-0.39, 0.29) is 18.2 Å². The van der Waals surface area contributed by atoms with Crippen molar-refractivity contribution in [2.24, 2.45) is 0 Å². The van der Waals surface area contributed by atoms with Gasteiger partial charge in [0.25, 0.3) is 0 Å². The third kappa shape index (κ3) is 3.08. The predicted molar refractivity (Wildman–Crippen MR) is 87.5 cm³/mol. The lowest BCUT2D eigenvalue weighted by Crippen LogP contribution is -2.10. The molecule has 0 radical (unpaired) electrons. The third-order valence-electron chi connectivity index (χ3n) is 3.67. The molecule has 0 unspecified atom stereocenters. The van der Waals surface area contributed by atoms with Crippen LogP contribution < -0.4 is 4.74 Å². The van der Waals surface area contributed by atoms with E-state index < -0.39 is 0 Å². The zero-order valence-electron chi connectivity index (χ0n) is 13.5. The van der Waals surface area contributed by atoms with E-state index in [0.29, 0.717) is 29.4 Å². The molecule has 3 aromatic rings. The number of benzene rings is 1. The summed E-state index contributed by atoms with van der Waals surface area (Å²) in [6, 6.07) is 9.59. The zero-order valence-corrected chi connectivity index (χ0v) is 13.5. The second-order valence-electron chi connectivity index (χ2n) is 5.19. The number of imidazole rings is 1. The predicted octanol–water partition coefficient (Wildman–Crippen LogP) is 3.25. The molecular formula is C18H17FN2O3. The van der Waals surface area contributed by atoms with Crippen LogP contribution in [0.4, 0.5) is 4.39 Å². The van der Waals surface area contributed by atoms with Crippen molar-refractivity contribution in [2.45, 2.75) is 13.3 Å². The van der Waals surface area contributed by atoms with Gasteiger partial charge in [-0.05, 0) is 37.3 Å². The highest BCUT2D eigenvalue weighted by Gasteiger charge is 2.18. The Morgan fingerprint density at radius 2 is 2.00 bits per heavy atom. The van der Waals surface area contributed by atoms with Gasteiger partial charge in [-0.1, -0.05) is 0 Å². The van der Waals surface area contributed by atoms with Crippen LogP contribution in [-0.2, 0) is 16.0 Å². The second-order valence-corrected chi connectivity index (χ2v) is 5.19. The van der Waals surface area contributed by atoms with Crippen LogP contribution in [0.5, 0.6) is 5.75 Å². The highest BCUT2D eigenvalue weighted by Crippen LogP contribution is 2.27. The number of nitrogens with zero attached hydrogens (tertiary/aromatic N) is 2. The summed E-state index contributed by atoms with van der Waals surface area (Å²) in [6.45, 7) is 2.08. The maximum atomic E-state index is 13.2. The number of pyridine rings is 1. The summed E-state index contributed by atoms with van der Waals surface area (Å²) in [5, 5.41) is 0. The van der Waals surface area contributed by atoms with Crippen molar-refractivity contribution in [3.05, 3.63) is 54.1 Å². The molecule has 0 bridgehead atoms. The molecule has 3 rings (SSSR count). The number of halogens is 1. The molecule has 5 nitrogen and oxygen atoms in total. The lowest BCUT2D eigenvalue weighted by atomic mass is 10.1. The molecule has 0 spiro atoms. The SMILES string of the molecule is CCOC(=O)Cc1c(-c2ccc(F)cc2)nc2cc(OC)ccn12. The Morgan fingerprint density at radius 3 is 2.67 bits per heavy atom. The number of carbonyl (C=O) groups is 1. The van der Waals surface area contributed by atoms with Crippen molar-refractivity contribution < 1.29 is 18.7 Å². The molecule has 0 aliphatic rings. The van der Waals surface area contributed by atoms with Gasteiger partial charge in [-0.3, -0.25) is 4.79 Å². The molecule has 0 saturated carbocycles. The molecule has 124 valence electrons. The molecule has 0 N–H and O–H groups in total. The van der Waals surface area contributed by atoms with Crippen LogP contribution in [0, 0.1) is 5.82 Å². The number of hydrogen-bond acceptors (Lipinski definition) is 4. The van der Waals surface area contributed by atoms with Crippen LogP contribution in [0.1, 0.15) is 12.6 Å². The van der Waals surface area contributed by atoms with Crippen molar-refractivity contribution in [3.8, 4) is 17.0 Å². The maximum Gasteiger partial charge on any atom is 0.311 e. The molecule has 0 aliphatic heterocycles. The van der Waals surface area contributed by atoms with Crippen molar-refractivity contribution in [1.82, 2.24) is 9.38 Å². The van der Waals surface area contributed by atoms with Gasteiger partial charge in [0, 0.05) is 17.8 Å². The average molecular weight is 328 g/mol. The fourth-order valence-electron chi connectivity index (χ4n) is 2.56. The maximum absolute atomic E-state index is 13.2. The molecule has 2 heterocycles. The summed E-state index contributed by atoms with van der Waals surface area (Å²) in [5.74, 6) is 0.00967. The Morgan fingerprint density at radius 1 is 1.25 bits per heavy atom. The largest absolute Gasteiger partial charge is 0.497 e. The minimum absolute atomic E-state index is 0.0774. The summed E-state index contributed by atoms with van der Waals surface area (Å²) in [5.41, 5.74) is 2.69. The number of carbonyl (C=O) groups excluding carboxylic acids is 1. The second kappa shape index (κ2) is 6.70. The molecule has 0 fully saturated rings. The van der Waals surface area contributed by atoms with Crippen molar-refractivity contribution in [1.29, 1.82) is 0 Å². The van der Waals surface area contributed by atoms with E-state index in [9.17, 15) is 9.18 Å². The van der Waals surface area contributed by atoms with Crippen molar-refractivity contribution >= 4 is 11.6 Å². The molecule has 0 atom stereocenters. The standard InChI is InChI=1S/C18H17FN2O3/c1-3-24-17(22)11-15-18(12-4-6-13(19)7-5-12)20-16-10-14(23-2)8-9-21(15)16/h4-10H,3,11H2,1-2H3. The van der Waals surface area contributed by atoms with Gasteiger partial charge in [-0.2, -0.15) is 0 Å². The number of hydrogen-bond donors (Lipinski definition) is 0. The first-order chi connectivity index (χ1) is 11.6. The molecule has 24 heavy (non-hydrogen) atoms. The van der Waals surface area contributed by atoms with Crippen molar-refractivity contribution in [3.63, 3.8) is 0 Å². The van der Waals surface area contributed by atoms with E-state index in [1.807, 2.05) is 4.40 Å². The van der Waals surface area contributed by atoms with Crippen LogP contribution in [0.3, 0.4) is 0 Å². The van der Waals surface area contributed by atoms with Crippen LogP contribution >= 0.6 is 0 Å². The Bertz CT molecular complexity index is 872. The topological polar surface area (TPSA) is 52.8 Å². The molecule has 0 saturated heterocycles. The Balaban J connectivity index is 2.14. The van der Waals surface area contributed by atoms with Gasteiger partial charge < -0.3 is 13.9 Å². The average Bonchev–Trinajstić information content (AvgIpc) is 2.93. The van der Waals surface area contributed by atoms with Crippen molar-refractivity contribution in [2.75, 3.05) is 13.7 Å². The van der Waals surface area contributed by atoms with E-state index in [2.05, 4.69) is 4.98 Å². The fraction of sp³-hybridized carbons (Fsp3) is 0.222. The number of fused-ring (bicyclic) bond motifs is 1. The van der Waals surface area contributed by atoms with Gasteiger partial charge in [0.15, 0.2) is 0 Å². The van der Waals surface area contributed by atoms with Gasteiger partial charge in [0.1, 0.15) is 17.2 Å². The highest BCUT2D eigenvalue weighted by molar-refractivity contribution is 5.77. The first-order valence-corrected chi connectivity index (χ1v) is 7.59. The molecule has 6 heteroatoms. The fourth-order valence-corrected chi connectivity index (χ4v) is 2.56. The van der Waals surface area contributed by atoms with E-state index >= 15 is 0 Å². The van der Waals surface area contributed by atoms with E-state index in [0.717, 1.165) is 5.56 Å². The summed E-state index contributed by atoms with van der Waals surface area (Å²) in [7, 11) is 1.58. The summed E-state index contributed by atoms with van der Waals surface area (Å²) in [6.07, 6.45) is 1.87. The van der Waals surface area contributed by atoms with Gasteiger partial charge >= 0.3 is 5.97 Å². The lowest BCUT2D eigenvalue weighted by molar-refractivity contribution is -0.142. The summed E-state index contributed by atoms with van der Waals surface area (Å²) >= 11 is 0. The highest BCUT2D eigenvalue weighted by atomic mass is 19.1. The molecule has 0 amide bonds. The molecule has 0 aliphatic carbocycles. The quantitative estimate of drug-likeness (QED) is 0.675. The van der Waals surface area contributed by atoms with Gasteiger partial charge in [0.2, 0.25) is 0 Å². The third-order valence-corrected chi connectivity index (χ3v) is 3.67. The Hall–Kier alpha value is -2.89. The number of aromatic nitrogens is 2. The van der Waals surface area contributed by atoms with Crippen LogP contribution in [-0.4, -0.2) is 29.1 Å². The van der Waals surface area contributed by atoms with E-state index in [4.69, 9.17) is 9.47 Å². The van der Waals surface area contributed by atoms with Gasteiger partial charge in [-0.25, -0.2) is 9.37 Å². The molecule has 2 aromatic heterocycles. The summed E-state index contributed by atoms with van der Waals surface area (Å²) in [4.78, 5) is 16.6. The zero-order chi connectivity index (χ0) is 17.1. The molecule has 1 aromatic carbocycles. The number of ether oxygens (including phenoxy) is 2. The number of esters is 1. The molecular weight excluding hydrogens is 311 g/mol. The lowest BCUT2D eigenvalue weighted by Gasteiger charge is -2.06. The Kier molecular flexibility index (Phi) is 4.46. The first-order valence-electron chi connectivity index (χ1n) is 7.59. The Labute approximate surface area is 138 Å². The first kappa shape index (κ1) is 16.0. The van der Waals surface area contributed by atoms with Crippen LogP contribution in [0.15, 0.2) is 42.6 Å². The van der Waals surface area contributed by atoms with E-state index in [1.54, 1.807) is 44.5 Å². The monoisotopic (exact) mass is 328 g/mol. The van der Waals surface area contributed by atoms with Crippen LogP contribution in [0.25, 0.3) is 16.9 Å². The minimum Gasteiger partial charge on any atom is -0.497 e. The van der Waals surface area contributed by atoms with Gasteiger partial charge in [0.05, 0.1) is 31.5 Å². The number of methoxy groups -OCH3 is 1. The normalized spacial score (nSPS) is 10.8.